The number of benzene rings is 2. The first-order valence-electron chi connectivity index (χ1n) is 11.5. The largest absolute Gasteiger partial charge is 0.492 e. The summed E-state index contributed by atoms with van der Waals surface area (Å²) in [5.41, 5.74) is 0.838. The lowest BCUT2D eigenvalue weighted by Crippen LogP contribution is -2.56. The Labute approximate surface area is 219 Å². The second kappa shape index (κ2) is 13.3. The second-order valence-corrected chi connectivity index (χ2v) is 8.64. The molecule has 2 atom stereocenters. The molecule has 0 unspecified atom stereocenters. The summed E-state index contributed by atoms with van der Waals surface area (Å²) < 4.78 is 78.3. The number of nitrogens with one attached hydrogen (secondary N) is 1. The van der Waals surface area contributed by atoms with E-state index >= 15 is 0 Å². The van der Waals surface area contributed by atoms with Gasteiger partial charge in [-0.1, -0.05) is 12.1 Å². The number of alkyl halides is 5. The van der Waals surface area contributed by atoms with Crippen molar-refractivity contribution in [1.82, 2.24) is 10.2 Å². The third-order valence-corrected chi connectivity index (χ3v) is 5.68. The third kappa shape index (κ3) is 10.1. The van der Waals surface area contributed by atoms with Gasteiger partial charge >= 0.3 is 18.1 Å². The molecule has 14 heteroatoms. The maximum atomic E-state index is 14.0. The van der Waals surface area contributed by atoms with E-state index < -0.39 is 48.5 Å². The van der Waals surface area contributed by atoms with Gasteiger partial charge in [-0.3, -0.25) is 9.69 Å². The number of carboxylic acids is 2. The number of halogens is 6. The molecule has 8 nitrogen and oxygen atoms in total. The molecule has 3 N–H and O–H groups in total. The number of rotatable bonds is 8. The molecule has 1 aliphatic heterocycles. The summed E-state index contributed by atoms with van der Waals surface area (Å²) in [6.45, 7) is 1.36. The number of piperidine rings is 1. The molecule has 0 radical (unpaired) electrons. The number of carbonyl (C=O) groups excluding carboxylic acids is 1. The third-order valence-electron chi connectivity index (χ3n) is 5.68. The predicted octanol–water partition coefficient (Wildman–Crippen LogP) is 4.51. The fraction of sp³-hybridized carbons (Fsp3) is 0.400. The number of aromatic carboxylic acids is 1. The minimum absolute atomic E-state index is 0.0000532. The summed E-state index contributed by atoms with van der Waals surface area (Å²) in [6.07, 6.45) is -5.47. The van der Waals surface area contributed by atoms with E-state index in [4.69, 9.17) is 19.7 Å². The van der Waals surface area contributed by atoms with E-state index in [1.165, 1.54) is 41.3 Å². The number of likely N-dealkylation sites (tertiary alicyclic amines) is 1. The van der Waals surface area contributed by atoms with Crippen LogP contribution in [0.3, 0.4) is 0 Å². The molecule has 0 aromatic heterocycles. The molecular formula is C25H26F6N2O6. The number of hydrogen-bond acceptors (Lipinski definition) is 5. The van der Waals surface area contributed by atoms with Crippen LogP contribution in [0.5, 0.6) is 5.75 Å². The van der Waals surface area contributed by atoms with Crippen molar-refractivity contribution >= 4 is 17.8 Å². The van der Waals surface area contributed by atoms with Crippen LogP contribution in [0.25, 0.3) is 0 Å². The average molecular weight is 564 g/mol. The van der Waals surface area contributed by atoms with Gasteiger partial charge in [-0.15, -0.1) is 0 Å². The van der Waals surface area contributed by atoms with Crippen molar-refractivity contribution in [2.45, 2.75) is 43.9 Å². The maximum Gasteiger partial charge on any atom is 0.490 e. The SMILES string of the molecule is C[C@H](NC(=O)[C@H]1CCC(F)(F)CN1CCOc1ccc(F)cc1)c1ccc(C(=O)O)cc1.O=C(O)C(F)(F)F. The van der Waals surface area contributed by atoms with E-state index in [-0.39, 0.29) is 37.5 Å². The van der Waals surface area contributed by atoms with Crippen LogP contribution in [0, 0.1) is 5.82 Å². The highest BCUT2D eigenvalue weighted by atomic mass is 19.4. The molecule has 1 heterocycles. The van der Waals surface area contributed by atoms with Gasteiger partial charge < -0.3 is 20.3 Å². The minimum Gasteiger partial charge on any atom is -0.492 e. The van der Waals surface area contributed by atoms with Gasteiger partial charge in [0.15, 0.2) is 0 Å². The number of amides is 1. The molecule has 214 valence electrons. The zero-order valence-corrected chi connectivity index (χ0v) is 20.6. The smallest absolute Gasteiger partial charge is 0.490 e. The van der Waals surface area contributed by atoms with Crippen molar-refractivity contribution in [1.29, 1.82) is 0 Å². The predicted molar refractivity (Wildman–Crippen MR) is 125 cm³/mol. The topological polar surface area (TPSA) is 116 Å². The van der Waals surface area contributed by atoms with Crippen LogP contribution < -0.4 is 10.1 Å². The van der Waals surface area contributed by atoms with Crippen LogP contribution in [-0.4, -0.2) is 70.8 Å². The van der Waals surface area contributed by atoms with Crippen molar-refractivity contribution in [2.24, 2.45) is 0 Å². The first-order valence-corrected chi connectivity index (χ1v) is 11.5. The first-order chi connectivity index (χ1) is 18.1. The summed E-state index contributed by atoms with van der Waals surface area (Å²) in [5, 5.41) is 18.9. The van der Waals surface area contributed by atoms with Crippen LogP contribution >= 0.6 is 0 Å². The van der Waals surface area contributed by atoms with Crippen LogP contribution in [0.4, 0.5) is 26.3 Å². The van der Waals surface area contributed by atoms with Gasteiger partial charge in [0, 0.05) is 13.0 Å². The highest BCUT2D eigenvalue weighted by molar-refractivity contribution is 5.87. The lowest BCUT2D eigenvalue weighted by molar-refractivity contribution is -0.192. The molecule has 3 rings (SSSR count). The fourth-order valence-electron chi connectivity index (χ4n) is 3.67. The summed E-state index contributed by atoms with van der Waals surface area (Å²) in [5.74, 6) is -7.07. The second-order valence-electron chi connectivity index (χ2n) is 8.64. The number of hydrogen-bond donors (Lipinski definition) is 3. The van der Waals surface area contributed by atoms with Crippen molar-refractivity contribution in [3.63, 3.8) is 0 Å². The standard InChI is InChI=1S/C23H25F3N2O4.C2HF3O2/c1-15(16-2-4-17(5-3-16)22(30)31)27-21(29)20-10-11-23(25,26)14-28(20)12-13-32-19-8-6-18(24)7-9-19;3-2(4,5)1(6)7/h2-9,15,20H,10-14H2,1H3,(H,27,29)(H,30,31);(H,6,7)/t15-,20+;/m0./s1. The van der Waals surface area contributed by atoms with Gasteiger partial charge in [-0.2, -0.15) is 13.2 Å². The highest BCUT2D eigenvalue weighted by Crippen LogP contribution is 2.30. The summed E-state index contributed by atoms with van der Waals surface area (Å²) in [4.78, 5) is 34.2. The number of carboxylic acid groups (broad SMARTS) is 2. The van der Waals surface area contributed by atoms with Crippen molar-refractivity contribution < 1.29 is 55.7 Å². The Morgan fingerprint density at radius 3 is 2.15 bits per heavy atom. The number of carbonyl (C=O) groups is 3. The Balaban J connectivity index is 0.000000673. The van der Waals surface area contributed by atoms with Crippen molar-refractivity contribution in [3.05, 3.63) is 65.5 Å². The van der Waals surface area contributed by atoms with Crippen LogP contribution in [-0.2, 0) is 9.59 Å². The molecule has 0 saturated carbocycles. The minimum atomic E-state index is -5.08. The number of ether oxygens (including phenoxy) is 1. The highest BCUT2D eigenvalue weighted by Gasteiger charge is 2.42. The van der Waals surface area contributed by atoms with Crippen molar-refractivity contribution in [3.8, 4) is 5.75 Å². The zero-order valence-electron chi connectivity index (χ0n) is 20.6. The van der Waals surface area contributed by atoms with E-state index in [0.717, 1.165) is 0 Å². The lowest BCUT2D eigenvalue weighted by Gasteiger charge is -2.38. The Kier molecular flexibility index (Phi) is 10.7. The molecule has 0 aliphatic carbocycles. The summed E-state index contributed by atoms with van der Waals surface area (Å²) >= 11 is 0. The Morgan fingerprint density at radius 1 is 1.08 bits per heavy atom. The Bertz CT molecular complexity index is 1130. The molecule has 1 fully saturated rings. The van der Waals surface area contributed by atoms with Gasteiger partial charge in [0.25, 0.3) is 5.92 Å². The average Bonchev–Trinajstić information content (AvgIpc) is 2.84. The quantitative estimate of drug-likeness (QED) is 0.404. The Hall–Kier alpha value is -3.81. The Morgan fingerprint density at radius 2 is 1.64 bits per heavy atom. The lowest BCUT2D eigenvalue weighted by atomic mass is 9.97. The van der Waals surface area contributed by atoms with Crippen LogP contribution in [0.15, 0.2) is 48.5 Å². The van der Waals surface area contributed by atoms with Gasteiger partial charge in [-0.05, 0) is 55.3 Å². The van der Waals surface area contributed by atoms with E-state index in [1.807, 2.05) is 0 Å². The van der Waals surface area contributed by atoms with Gasteiger partial charge in [0.05, 0.1) is 24.2 Å². The molecule has 1 saturated heterocycles. The molecule has 2 aromatic rings. The van der Waals surface area contributed by atoms with Crippen LogP contribution in [0.1, 0.15) is 41.7 Å². The monoisotopic (exact) mass is 564 g/mol. The van der Waals surface area contributed by atoms with E-state index in [0.29, 0.717) is 11.3 Å². The van der Waals surface area contributed by atoms with Gasteiger partial charge in [0.2, 0.25) is 5.91 Å². The fourth-order valence-corrected chi connectivity index (χ4v) is 3.67. The van der Waals surface area contributed by atoms with Crippen molar-refractivity contribution in [2.75, 3.05) is 19.7 Å². The van der Waals surface area contributed by atoms with E-state index in [2.05, 4.69) is 5.32 Å². The summed E-state index contributed by atoms with van der Waals surface area (Å²) in [6, 6.07) is 10.3. The molecular weight excluding hydrogens is 538 g/mol. The molecule has 1 amide bonds. The van der Waals surface area contributed by atoms with Crippen LogP contribution in [0.2, 0.25) is 0 Å². The molecule has 1 aliphatic rings. The molecule has 2 aromatic carbocycles. The van der Waals surface area contributed by atoms with E-state index in [9.17, 15) is 35.9 Å². The molecule has 0 bridgehead atoms. The normalized spacial score (nSPS) is 17.8. The summed E-state index contributed by atoms with van der Waals surface area (Å²) in [7, 11) is 0. The molecule has 39 heavy (non-hydrogen) atoms. The van der Waals surface area contributed by atoms with E-state index in [1.54, 1.807) is 19.1 Å². The van der Waals surface area contributed by atoms with Gasteiger partial charge in [-0.25, -0.2) is 22.8 Å². The number of aliphatic carboxylic acids is 1. The zero-order chi connectivity index (χ0) is 29.4. The van der Waals surface area contributed by atoms with Gasteiger partial charge in [0.1, 0.15) is 18.2 Å². The first kappa shape index (κ1) is 31.4. The number of nitrogens with zero attached hydrogens (tertiary/aromatic N) is 1. The molecule has 0 spiro atoms. The maximum absolute atomic E-state index is 14.0.